The number of benzene rings is 2. The van der Waals surface area contributed by atoms with E-state index in [0.29, 0.717) is 28.8 Å². The lowest BCUT2D eigenvalue weighted by Crippen LogP contribution is -2.21. The first-order valence-electron chi connectivity index (χ1n) is 9.29. The molecule has 2 aromatic carbocycles. The average molecular weight is 419 g/mol. The predicted octanol–water partition coefficient (Wildman–Crippen LogP) is 5.18. The summed E-state index contributed by atoms with van der Waals surface area (Å²) in [5.41, 5.74) is 3.05. The molecule has 0 saturated carbocycles. The first-order valence-corrected chi connectivity index (χ1v) is 9.67. The molecule has 150 valence electrons. The van der Waals surface area contributed by atoms with Gasteiger partial charge in [0.1, 0.15) is 0 Å². The molecule has 0 spiro atoms. The number of carbonyl (C=O) groups excluding carboxylic acids is 1. The number of anilines is 3. The van der Waals surface area contributed by atoms with Crippen LogP contribution in [0.2, 0.25) is 5.02 Å². The van der Waals surface area contributed by atoms with Crippen molar-refractivity contribution < 1.29 is 4.79 Å². The minimum absolute atomic E-state index is 0.405. The fourth-order valence-corrected chi connectivity index (χ4v) is 3.13. The summed E-state index contributed by atoms with van der Waals surface area (Å²) < 4.78 is 1.58. The van der Waals surface area contributed by atoms with E-state index in [1.165, 1.54) is 0 Å². The van der Waals surface area contributed by atoms with Crippen LogP contribution in [0.1, 0.15) is 5.56 Å². The van der Waals surface area contributed by atoms with Crippen molar-refractivity contribution in [2.75, 3.05) is 16.0 Å². The normalized spacial score (nSPS) is 10.4. The molecule has 0 radical (unpaired) electrons. The molecule has 0 atom stereocenters. The smallest absolute Gasteiger partial charge is 0.323 e. The van der Waals surface area contributed by atoms with Crippen LogP contribution >= 0.6 is 11.6 Å². The van der Waals surface area contributed by atoms with Crippen LogP contribution in [0.15, 0.2) is 85.3 Å². The lowest BCUT2D eigenvalue weighted by Gasteiger charge is -2.13. The molecular weight excluding hydrogens is 400 g/mol. The number of halogens is 1. The van der Waals surface area contributed by atoms with Gasteiger partial charge >= 0.3 is 6.03 Å². The van der Waals surface area contributed by atoms with Crippen molar-refractivity contribution in [1.29, 1.82) is 0 Å². The summed E-state index contributed by atoms with van der Waals surface area (Å²) in [5.74, 6) is 0.524. The van der Waals surface area contributed by atoms with Crippen molar-refractivity contribution in [3.8, 4) is 5.82 Å². The van der Waals surface area contributed by atoms with E-state index in [9.17, 15) is 4.79 Å². The maximum atomic E-state index is 12.5. The van der Waals surface area contributed by atoms with E-state index in [-0.39, 0.29) is 0 Å². The molecule has 8 heteroatoms. The monoisotopic (exact) mass is 418 g/mol. The van der Waals surface area contributed by atoms with Gasteiger partial charge in [0.2, 0.25) is 0 Å². The van der Waals surface area contributed by atoms with Gasteiger partial charge in [-0.1, -0.05) is 41.9 Å². The molecule has 0 saturated heterocycles. The molecular formula is C22H19ClN6O. The fraction of sp³-hybridized carbons (Fsp3) is 0.0455. The molecule has 0 bridgehead atoms. The van der Waals surface area contributed by atoms with Gasteiger partial charge in [-0.05, 0) is 42.0 Å². The standard InChI is InChI=1S/C22H19ClN6O/c23-18-14-17(9-10-19(18)25-15-16-6-2-1-3-7-16)27-22(30)28-20-8-4-11-24-21(20)29-13-5-12-26-29/h1-14,25H,15H2,(H2,27,28,30). The number of nitrogens with zero attached hydrogens (tertiary/aromatic N) is 3. The van der Waals surface area contributed by atoms with Gasteiger partial charge in [-0.25, -0.2) is 14.5 Å². The van der Waals surface area contributed by atoms with Gasteiger partial charge in [-0.15, -0.1) is 0 Å². The van der Waals surface area contributed by atoms with Crippen molar-refractivity contribution >= 4 is 34.7 Å². The van der Waals surface area contributed by atoms with Gasteiger partial charge in [0.15, 0.2) is 5.82 Å². The second kappa shape index (κ2) is 9.11. The van der Waals surface area contributed by atoms with E-state index < -0.39 is 6.03 Å². The summed E-state index contributed by atoms with van der Waals surface area (Å²) in [7, 11) is 0. The zero-order valence-corrected chi connectivity index (χ0v) is 16.7. The fourth-order valence-electron chi connectivity index (χ4n) is 2.89. The third kappa shape index (κ3) is 4.76. The molecule has 4 aromatic rings. The number of hydrogen-bond donors (Lipinski definition) is 3. The Morgan fingerprint density at radius 3 is 2.57 bits per heavy atom. The quantitative estimate of drug-likeness (QED) is 0.403. The molecule has 3 N–H and O–H groups in total. The van der Waals surface area contributed by atoms with E-state index >= 15 is 0 Å². The Morgan fingerprint density at radius 2 is 1.80 bits per heavy atom. The second-order valence-electron chi connectivity index (χ2n) is 6.44. The molecule has 2 aromatic heterocycles. The molecule has 2 amide bonds. The maximum absolute atomic E-state index is 12.5. The van der Waals surface area contributed by atoms with E-state index in [1.54, 1.807) is 53.6 Å². The van der Waals surface area contributed by atoms with Crippen molar-refractivity contribution in [3.63, 3.8) is 0 Å². The number of hydrogen-bond acceptors (Lipinski definition) is 4. The Hall–Kier alpha value is -3.84. The Bertz CT molecular complexity index is 1130. The van der Waals surface area contributed by atoms with E-state index in [1.807, 2.05) is 36.4 Å². The second-order valence-corrected chi connectivity index (χ2v) is 6.85. The molecule has 0 aliphatic rings. The van der Waals surface area contributed by atoms with Crippen LogP contribution in [-0.2, 0) is 6.54 Å². The van der Waals surface area contributed by atoms with Crippen LogP contribution in [0.4, 0.5) is 21.9 Å². The number of rotatable bonds is 6. The molecule has 4 rings (SSSR count). The minimum Gasteiger partial charge on any atom is -0.380 e. The topological polar surface area (TPSA) is 83.9 Å². The van der Waals surface area contributed by atoms with Gasteiger partial charge in [-0.3, -0.25) is 0 Å². The van der Waals surface area contributed by atoms with Gasteiger partial charge in [0.05, 0.1) is 16.4 Å². The molecule has 7 nitrogen and oxygen atoms in total. The molecule has 0 aliphatic carbocycles. The average Bonchev–Trinajstić information content (AvgIpc) is 3.29. The summed E-state index contributed by atoms with van der Waals surface area (Å²) in [6.07, 6.45) is 5.04. The molecule has 0 fully saturated rings. The number of aromatic nitrogens is 3. The minimum atomic E-state index is -0.405. The van der Waals surface area contributed by atoms with Gasteiger partial charge in [-0.2, -0.15) is 5.10 Å². The van der Waals surface area contributed by atoms with Gasteiger partial charge in [0, 0.05) is 30.8 Å². The van der Waals surface area contributed by atoms with Crippen LogP contribution in [0, 0.1) is 0 Å². The lowest BCUT2D eigenvalue weighted by molar-refractivity contribution is 0.262. The predicted molar refractivity (Wildman–Crippen MR) is 119 cm³/mol. The van der Waals surface area contributed by atoms with Crippen LogP contribution in [0.5, 0.6) is 0 Å². The SMILES string of the molecule is O=C(Nc1ccc(NCc2ccccc2)c(Cl)c1)Nc1cccnc1-n1cccn1. The molecule has 0 unspecified atom stereocenters. The third-order valence-corrected chi connectivity index (χ3v) is 4.62. The van der Waals surface area contributed by atoms with Crippen molar-refractivity contribution in [3.05, 3.63) is 95.9 Å². The van der Waals surface area contributed by atoms with Crippen LogP contribution in [0.25, 0.3) is 5.82 Å². The highest BCUT2D eigenvalue weighted by molar-refractivity contribution is 6.33. The van der Waals surface area contributed by atoms with Gasteiger partial charge in [0.25, 0.3) is 0 Å². The lowest BCUT2D eigenvalue weighted by atomic mass is 10.2. The van der Waals surface area contributed by atoms with Crippen molar-refractivity contribution in [2.24, 2.45) is 0 Å². The molecule has 0 aliphatic heterocycles. The highest BCUT2D eigenvalue weighted by atomic mass is 35.5. The van der Waals surface area contributed by atoms with Crippen molar-refractivity contribution in [1.82, 2.24) is 14.8 Å². The Labute approximate surface area is 178 Å². The van der Waals surface area contributed by atoms with E-state index in [2.05, 4.69) is 26.0 Å². The zero-order valence-electron chi connectivity index (χ0n) is 15.9. The summed E-state index contributed by atoms with van der Waals surface area (Å²) in [6.45, 7) is 0.658. The van der Waals surface area contributed by atoms with Crippen LogP contribution in [-0.4, -0.2) is 20.8 Å². The largest absolute Gasteiger partial charge is 0.380 e. The van der Waals surface area contributed by atoms with E-state index in [4.69, 9.17) is 11.6 Å². The maximum Gasteiger partial charge on any atom is 0.323 e. The summed E-state index contributed by atoms with van der Waals surface area (Å²) in [6, 6.07) is 20.2. The molecule has 30 heavy (non-hydrogen) atoms. The zero-order chi connectivity index (χ0) is 20.8. The number of urea groups is 1. The Morgan fingerprint density at radius 1 is 0.933 bits per heavy atom. The summed E-state index contributed by atoms with van der Waals surface area (Å²) in [4.78, 5) is 16.8. The number of carbonyl (C=O) groups is 1. The molecule has 2 heterocycles. The van der Waals surface area contributed by atoms with Crippen LogP contribution < -0.4 is 16.0 Å². The summed E-state index contributed by atoms with van der Waals surface area (Å²) >= 11 is 6.38. The first kappa shape index (κ1) is 19.5. The van der Waals surface area contributed by atoms with E-state index in [0.717, 1.165) is 11.3 Å². The Balaban J connectivity index is 1.40. The highest BCUT2D eigenvalue weighted by Gasteiger charge is 2.10. The Kier molecular flexibility index (Phi) is 5.91. The van der Waals surface area contributed by atoms with Crippen LogP contribution in [0.3, 0.4) is 0 Å². The number of nitrogens with one attached hydrogen (secondary N) is 3. The first-order chi connectivity index (χ1) is 14.7. The summed E-state index contributed by atoms with van der Waals surface area (Å²) in [5, 5.41) is 13.5. The number of pyridine rings is 1. The third-order valence-electron chi connectivity index (χ3n) is 4.31. The number of amides is 2. The van der Waals surface area contributed by atoms with Gasteiger partial charge < -0.3 is 16.0 Å². The highest BCUT2D eigenvalue weighted by Crippen LogP contribution is 2.26. The van der Waals surface area contributed by atoms with Crippen molar-refractivity contribution in [2.45, 2.75) is 6.54 Å².